The molecule has 3 aromatic rings. The van der Waals surface area contributed by atoms with Crippen LogP contribution in [0.4, 0.5) is 4.39 Å². The minimum absolute atomic E-state index is 0.154. The molecule has 1 aliphatic heterocycles. The van der Waals surface area contributed by atoms with Crippen LogP contribution in [0.2, 0.25) is 0 Å². The summed E-state index contributed by atoms with van der Waals surface area (Å²) in [7, 11) is 0. The van der Waals surface area contributed by atoms with Crippen molar-refractivity contribution in [3.8, 4) is 23.2 Å². The molecule has 0 bridgehead atoms. The molecule has 130 valence electrons. The predicted octanol–water partition coefficient (Wildman–Crippen LogP) is 4.04. The van der Waals surface area contributed by atoms with E-state index in [0.717, 1.165) is 24.2 Å². The van der Waals surface area contributed by atoms with E-state index in [1.165, 1.54) is 18.6 Å². The zero-order valence-electron chi connectivity index (χ0n) is 14.4. The first kappa shape index (κ1) is 16.5. The molecule has 0 spiro atoms. The van der Waals surface area contributed by atoms with Crippen LogP contribution in [0.5, 0.6) is 0 Å². The molecule has 1 saturated heterocycles. The molecule has 1 aromatic heterocycles. The average molecular weight is 347 g/mol. The minimum Gasteiger partial charge on any atom is -0.337 e. The Balaban J connectivity index is 1.49. The van der Waals surface area contributed by atoms with E-state index in [0.29, 0.717) is 17.3 Å². The van der Waals surface area contributed by atoms with Crippen molar-refractivity contribution < 1.29 is 8.91 Å². The lowest BCUT2D eigenvalue weighted by Gasteiger charge is -2.34. The second kappa shape index (κ2) is 7.11. The van der Waals surface area contributed by atoms with Crippen molar-refractivity contribution in [3.05, 3.63) is 71.4 Å². The second-order valence-corrected chi connectivity index (χ2v) is 6.36. The summed E-state index contributed by atoms with van der Waals surface area (Å²) in [4.78, 5) is 6.83. The van der Waals surface area contributed by atoms with E-state index >= 15 is 0 Å². The Bertz CT molecular complexity index is 965. The molecule has 2 heterocycles. The summed E-state index contributed by atoms with van der Waals surface area (Å²) in [6, 6.07) is 14.0. The molecule has 2 aromatic carbocycles. The van der Waals surface area contributed by atoms with Gasteiger partial charge in [0.05, 0.1) is 6.04 Å². The van der Waals surface area contributed by atoms with Crippen molar-refractivity contribution in [2.45, 2.75) is 19.4 Å². The van der Waals surface area contributed by atoms with Crippen LogP contribution in [0.3, 0.4) is 0 Å². The number of rotatable bonds is 3. The van der Waals surface area contributed by atoms with Crippen molar-refractivity contribution in [3.63, 3.8) is 0 Å². The molecule has 4 nitrogen and oxygen atoms in total. The maximum atomic E-state index is 13.2. The third-order valence-electron chi connectivity index (χ3n) is 4.56. The molecule has 0 saturated carbocycles. The van der Waals surface area contributed by atoms with Crippen molar-refractivity contribution in [2.75, 3.05) is 13.1 Å². The third-order valence-corrected chi connectivity index (χ3v) is 4.56. The maximum absolute atomic E-state index is 13.2. The van der Waals surface area contributed by atoms with Gasteiger partial charge in [-0.2, -0.15) is 4.98 Å². The molecular formula is C21H18FN3O. The smallest absolute Gasteiger partial charge is 0.244 e. The van der Waals surface area contributed by atoms with Crippen molar-refractivity contribution >= 4 is 0 Å². The molecule has 5 heteroatoms. The Morgan fingerprint density at radius 1 is 1.08 bits per heavy atom. The summed E-state index contributed by atoms with van der Waals surface area (Å²) in [6.45, 7) is 4.25. The Morgan fingerprint density at radius 2 is 1.85 bits per heavy atom. The molecule has 0 radical (unpaired) electrons. The molecule has 0 aliphatic carbocycles. The van der Waals surface area contributed by atoms with Crippen LogP contribution in [0.25, 0.3) is 11.4 Å². The Labute approximate surface area is 151 Å². The van der Waals surface area contributed by atoms with Crippen molar-refractivity contribution in [2.24, 2.45) is 0 Å². The maximum Gasteiger partial charge on any atom is 0.244 e. The Kier molecular flexibility index (Phi) is 4.51. The van der Waals surface area contributed by atoms with Gasteiger partial charge in [0.1, 0.15) is 5.82 Å². The number of halogens is 1. The molecule has 0 N–H and O–H groups in total. The van der Waals surface area contributed by atoms with E-state index < -0.39 is 0 Å². The van der Waals surface area contributed by atoms with E-state index in [4.69, 9.17) is 4.52 Å². The lowest BCUT2D eigenvalue weighted by Crippen LogP contribution is -2.39. The van der Waals surface area contributed by atoms with Crippen LogP contribution in [0, 0.1) is 17.7 Å². The zero-order chi connectivity index (χ0) is 17.9. The number of aromatic nitrogens is 2. The molecular weight excluding hydrogens is 329 g/mol. The minimum atomic E-state index is -0.285. The van der Waals surface area contributed by atoms with Crippen molar-refractivity contribution in [1.29, 1.82) is 0 Å². The average Bonchev–Trinajstić information content (AvgIpc) is 3.09. The van der Waals surface area contributed by atoms with Gasteiger partial charge in [0.2, 0.25) is 11.7 Å². The standard InChI is InChI=1S/C21H18FN3O/c1-15(25-12-3-13-25)21-23-20(24-26-21)18-10-8-16(9-11-18)6-7-17-4-2-5-19(22)14-17/h2,4-5,8-11,14-15H,3,12-13H2,1H3. The highest BCUT2D eigenvalue weighted by Gasteiger charge is 2.26. The van der Waals surface area contributed by atoms with Gasteiger partial charge < -0.3 is 4.52 Å². The SMILES string of the molecule is CC(c1nc(-c2ccc(C#Cc3cccc(F)c3)cc2)no1)N1CCC1. The predicted molar refractivity (Wildman–Crippen MR) is 96.7 cm³/mol. The summed E-state index contributed by atoms with van der Waals surface area (Å²) in [5.74, 6) is 6.94. The number of likely N-dealkylation sites (tertiary alicyclic amines) is 1. The number of hydrogen-bond donors (Lipinski definition) is 0. The molecule has 1 atom stereocenters. The molecule has 1 unspecified atom stereocenters. The van der Waals surface area contributed by atoms with Gasteiger partial charge in [0.15, 0.2) is 0 Å². The fraction of sp³-hybridized carbons (Fsp3) is 0.238. The number of nitrogens with zero attached hydrogens (tertiary/aromatic N) is 3. The van der Waals surface area contributed by atoms with E-state index in [2.05, 4.69) is 33.8 Å². The summed E-state index contributed by atoms with van der Waals surface area (Å²) in [5.41, 5.74) is 2.37. The van der Waals surface area contributed by atoms with E-state index in [9.17, 15) is 4.39 Å². The van der Waals surface area contributed by atoms with Crippen LogP contribution in [0.15, 0.2) is 53.1 Å². The van der Waals surface area contributed by atoms with Crippen LogP contribution in [-0.2, 0) is 0 Å². The fourth-order valence-corrected chi connectivity index (χ4v) is 2.82. The van der Waals surface area contributed by atoms with Gasteiger partial charge in [-0.25, -0.2) is 4.39 Å². The highest BCUT2D eigenvalue weighted by atomic mass is 19.1. The molecule has 0 amide bonds. The van der Waals surface area contributed by atoms with Gasteiger partial charge in [-0.1, -0.05) is 23.1 Å². The molecule has 4 rings (SSSR count). The topological polar surface area (TPSA) is 42.2 Å². The molecule has 26 heavy (non-hydrogen) atoms. The van der Waals surface area contributed by atoms with Gasteiger partial charge >= 0.3 is 0 Å². The van der Waals surface area contributed by atoms with Crippen LogP contribution in [0.1, 0.15) is 36.4 Å². The Morgan fingerprint density at radius 3 is 2.54 bits per heavy atom. The van der Waals surface area contributed by atoms with Gasteiger partial charge in [-0.15, -0.1) is 0 Å². The van der Waals surface area contributed by atoms with E-state index in [-0.39, 0.29) is 11.9 Å². The number of benzene rings is 2. The lowest BCUT2D eigenvalue weighted by atomic mass is 10.1. The van der Waals surface area contributed by atoms with Gasteiger partial charge in [-0.05, 0) is 55.8 Å². The van der Waals surface area contributed by atoms with Gasteiger partial charge in [-0.3, -0.25) is 4.90 Å². The highest BCUT2D eigenvalue weighted by molar-refractivity contribution is 5.56. The first-order valence-corrected chi connectivity index (χ1v) is 8.65. The summed E-state index contributed by atoms with van der Waals surface area (Å²) in [6.07, 6.45) is 1.23. The van der Waals surface area contributed by atoms with Crippen LogP contribution >= 0.6 is 0 Å². The van der Waals surface area contributed by atoms with Crippen LogP contribution in [-0.4, -0.2) is 28.1 Å². The summed E-state index contributed by atoms with van der Waals surface area (Å²) in [5, 5.41) is 4.09. The second-order valence-electron chi connectivity index (χ2n) is 6.36. The fourth-order valence-electron chi connectivity index (χ4n) is 2.82. The lowest BCUT2D eigenvalue weighted by molar-refractivity contribution is 0.105. The van der Waals surface area contributed by atoms with Crippen molar-refractivity contribution in [1.82, 2.24) is 15.0 Å². The van der Waals surface area contributed by atoms with Gasteiger partial charge in [0.25, 0.3) is 0 Å². The largest absolute Gasteiger partial charge is 0.337 e. The first-order chi connectivity index (χ1) is 12.7. The third kappa shape index (κ3) is 3.51. The normalized spacial score (nSPS) is 15.0. The summed E-state index contributed by atoms with van der Waals surface area (Å²) < 4.78 is 18.6. The molecule has 1 aliphatic rings. The number of hydrogen-bond acceptors (Lipinski definition) is 4. The van der Waals surface area contributed by atoms with Gasteiger partial charge in [0, 0.05) is 29.8 Å². The first-order valence-electron chi connectivity index (χ1n) is 8.65. The van der Waals surface area contributed by atoms with Crippen LogP contribution < -0.4 is 0 Å². The molecule has 1 fully saturated rings. The zero-order valence-corrected chi connectivity index (χ0v) is 14.4. The van der Waals surface area contributed by atoms with E-state index in [1.54, 1.807) is 12.1 Å². The monoisotopic (exact) mass is 347 g/mol. The highest BCUT2D eigenvalue weighted by Crippen LogP contribution is 2.25. The quantitative estimate of drug-likeness (QED) is 0.671. The summed E-state index contributed by atoms with van der Waals surface area (Å²) >= 11 is 0. The Hall–Kier alpha value is -2.97. The van der Waals surface area contributed by atoms with E-state index in [1.807, 2.05) is 24.3 Å².